The molecule has 0 saturated carbocycles. The molecule has 2 unspecified atom stereocenters. The number of ether oxygens (including phenoxy) is 1. The molecule has 2 aromatic rings. The van der Waals surface area contributed by atoms with E-state index in [0.29, 0.717) is 31.4 Å². The summed E-state index contributed by atoms with van der Waals surface area (Å²) in [5.41, 5.74) is 0.433. The van der Waals surface area contributed by atoms with Crippen molar-refractivity contribution in [2.45, 2.75) is 63.7 Å². The van der Waals surface area contributed by atoms with Crippen LogP contribution < -0.4 is 14.7 Å². The molecule has 0 aliphatic carbocycles. The molecule has 2 aromatic carbocycles. The van der Waals surface area contributed by atoms with Crippen molar-refractivity contribution in [2.75, 3.05) is 54.0 Å². The van der Waals surface area contributed by atoms with E-state index in [0.717, 1.165) is 24.5 Å². The lowest BCUT2D eigenvalue weighted by atomic mass is 9.64. The predicted octanol–water partition coefficient (Wildman–Crippen LogP) is 4.81. The van der Waals surface area contributed by atoms with Gasteiger partial charge in [-0.2, -0.15) is 0 Å². The molecule has 9 nitrogen and oxygen atoms in total. The summed E-state index contributed by atoms with van der Waals surface area (Å²) in [6, 6.07) is 16.3. The van der Waals surface area contributed by atoms with Crippen LogP contribution in [0.1, 0.15) is 46.5 Å². The van der Waals surface area contributed by atoms with Crippen LogP contribution in [0.15, 0.2) is 79.9 Å². The van der Waals surface area contributed by atoms with E-state index in [9.17, 15) is 19.5 Å². The van der Waals surface area contributed by atoms with Gasteiger partial charge in [-0.25, -0.2) is 0 Å². The minimum absolute atomic E-state index is 0.130. The zero-order chi connectivity index (χ0) is 33.1. The molecule has 3 heterocycles. The predicted molar refractivity (Wildman–Crippen MR) is 182 cm³/mol. The van der Waals surface area contributed by atoms with E-state index in [4.69, 9.17) is 4.74 Å². The van der Waals surface area contributed by atoms with Crippen LogP contribution in [0.2, 0.25) is 0 Å². The first-order valence-corrected chi connectivity index (χ1v) is 16.6. The van der Waals surface area contributed by atoms with E-state index in [2.05, 4.69) is 31.9 Å². The van der Waals surface area contributed by atoms with E-state index in [1.807, 2.05) is 61.5 Å². The first kappa shape index (κ1) is 33.4. The Labute approximate surface area is 273 Å². The van der Waals surface area contributed by atoms with Gasteiger partial charge in [-0.05, 0) is 75.9 Å². The summed E-state index contributed by atoms with van der Waals surface area (Å²) in [6.45, 7) is 16.3. The molecule has 9 heteroatoms. The van der Waals surface area contributed by atoms with Gasteiger partial charge in [0.2, 0.25) is 11.8 Å². The monoisotopic (exact) mass is 628 g/mol. The Hall–Kier alpha value is -3.95. The molecule has 1 N–H and O–H groups in total. The number of benzene rings is 2. The number of rotatable bonds is 15. The van der Waals surface area contributed by atoms with Crippen LogP contribution in [0, 0.1) is 11.8 Å². The van der Waals surface area contributed by atoms with Crippen LogP contribution >= 0.6 is 0 Å². The van der Waals surface area contributed by atoms with E-state index in [1.54, 1.807) is 26.9 Å². The third kappa shape index (κ3) is 5.43. The van der Waals surface area contributed by atoms with Gasteiger partial charge in [-0.1, -0.05) is 37.3 Å². The molecule has 1 spiro atoms. The number of hydrogen-bond acceptors (Lipinski definition) is 6. The highest BCUT2D eigenvalue weighted by Crippen LogP contribution is 2.64. The number of carbonyl (C=O) groups excluding carboxylic acids is 3. The van der Waals surface area contributed by atoms with Crippen LogP contribution in [0.3, 0.4) is 0 Å². The molecule has 46 heavy (non-hydrogen) atoms. The average Bonchev–Trinajstić information content (AvgIpc) is 3.69. The fourth-order valence-electron chi connectivity index (χ4n) is 8.11. The number of likely N-dealkylation sites (tertiary alicyclic amines) is 1. The van der Waals surface area contributed by atoms with E-state index < -0.39 is 29.1 Å². The van der Waals surface area contributed by atoms with Crippen molar-refractivity contribution in [3.63, 3.8) is 0 Å². The molecule has 3 aliphatic rings. The van der Waals surface area contributed by atoms with Gasteiger partial charge in [0.1, 0.15) is 11.6 Å². The quantitative estimate of drug-likeness (QED) is 0.285. The standard InChI is InChI=1S/C37H48N4O5/c1-6-23-39(28-15-12-11-13-16-28)33(43)30-31-34(44)41(25-14-26-42)32(37(31)22-21-36(30,8-3)46-37)35(45)40(24-7-2)29-19-17-27(18-20-29)38(9-4)10-5/h6-7,11-13,15-20,30-32,42H,1-2,8-10,14,21-26H2,3-5H3/t30-,31-,32?,36+,37?/m0/s1. The second-order valence-electron chi connectivity index (χ2n) is 12.4. The van der Waals surface area contributed by atoms with Gasteiger partial charge in [-0.3, -0.25) is 14.4 Å². The molecule has 0 radical (unpaired) electrons. The molecule has 3 saturated heterocycles. The summed E-state index contributed by atoms with van der Waals surface area (Å²) >= 11 is 0. The van der Waals surface area contributed by atoms with Crippen molar-refractivity contribution in [2.24, 2.45) is 11.8 Å². The SMILES string of the molecule is C=CCN(C(=O)C1N(CCCO)C(=O)[C@@H]2[C@@H](C(=O)N(CC=C)c3ccccc3)[C@@]3(CC)CCC12O3)c1ccc(N(CC)CC)cc1. The Morgan fingerprint density at radius 2 is 1.50 bits per heavy atom. The molecule has 3 aliphatic heterocycles. The second kappa shape index (κ2) is 13.8. The normalized spacial score (nSPS) is 26.1. The van der Waals surface area contributed by atoms with Crippen LogP contribution in [-0.2, 0) is 19.1 Å². The molecule has 2 bridgehead atoms. The minimum Gasteiger partial charge on any atom is -0.396 e. The number of aliphatic hydroxyl groups excluding tert-OH is 1. The molecule has 5 rings (SSSR count). The third-order valence-electron chi connectivity index (χ3n) is 10.3. The minimum atomic E-state index is -1.17. The second-order valence-corrected chi connectivity index (χ2v) is 12.4. The summed E-state index contributed by atoms with van der Waals surface area (Å²) in [5, 5.41) is 9.78. The van der Waals surface area contributed by atoms with Crippen molar-refractivity contribution in [3.05, 3.63) is 79.9 Å². The van der Waals surface area contributed by atoms with Gasteiger partial charge in [0.25, 0.3) is 5.91 Å². The smallest absolute Gasteiger partial charge is 0.253 e. The summed E-state index contributed by atoms with van der Waals surface area (Å²) in [5.74, 6) is -2.32. The molecular formula is C37H48N4O5. The Bertz CT molecular complexity index is 1430. The fraction of sp³-hybridized carbons (Fsp3) is 0.486. The Morgan fingerprint density at radius 1 is 0.913 bits per heavy atom. The Balaban J connectivity index is 1.57. The highest BCUT2D eigenvalue weighted by molar-refractivity contribution is 6.07. The lowest BCUT2D eigenvalue weighted by Gasteiger charge is -2.37. The number of nitrogens with zero attached hydrogens (tertiary/aromatic N) is 4. The number of anilines is 3. The zero-order valence-electron chi connectivity index (χ0n) is 27.4. The van der Waals surface area contributed by atoms with Crippen LogP contribution in [0.5, 0.6) is 0 Å². The first-order chi connectivity index (χ1) is 22.3. The van der Waals surface area contributed by atoms with Crippen LogP contribution in [0.4, 0.5) is 17.1 Å². The van der Waals surface area contributed by atoms with Gasteiger partial charge in [-0.15, -0.1) is 13.2 Å². The highest BCUT2D eigenvalue weighted by atomic mass is 16.5. The largest absolute Gasteiger partial charge is 0.396 e. The summed E-state index contributed by atoms with van der Waals surface area (Å²) < 4.78 is 7.00. The topological polar surface area (TPSA) is 93.6 Å². The van der Waals surface area contributed by atoms with E-state index >= 15 is 0 Å². The van der Waals surface area contributed by atoms with Crippen LogP contribution in [0.25, 0.3) is 0 Å². The zero-order valence-corrected chi connectivity index (χ0v) is 27.4. The lowest BCUT2D eigenvalue weighted by molar-refractivity contribution is -0.146. The average molecular weight is 629 g/mol. The summed E-state index contributed by atoms with van der Waals surface area (Å²) in [6.07, 6.45) is 5.26. The molecule has 246 valence electrons. The van der Waals surface area contributed by atoms with E-state index in [1.165, 1.54) is 0 Å². The molecular weight excluding hydrogens is 580 g/mol. The number of para-hydroxylation sites is 1. The molecule has 0 aromatic heterocycles. The highest BCUT2D eigenvalue weighted by Gasteiger charge is 2.79. The lowest BCUT2D eigenvalue weighted by Crippen LogP contribution is -2.56. The van der Waals surface area contributed by atoms with Crippen LogP contribution in [-0.4, -0.2) is 84.3 Å². The number of fused-ring (bicyclic) bond motifs is 1. The van der Waals surface area contributed by atoms with Gasteiger partial charge < -0.3 is 29.4 Å². The van der Waals surface area contributed by atoms with Crippen molar-refractivity contribution < 1.29 is 24.2 Å². The van der Waals surface area contributed by atoms with Gasteiger partial charge in [0, 0.05) is 56.4 Å². The maximum Gasteiger partial charge on any atom is 0.253 e. The maximum atomic E-state index is 14.9. The third-order valence-corrected chi connectivity index (χ3v) is 10.3. The van der Waals surface area contributed by atoms with Gasteiger partial charge >= 0.3 is 0 Å². The number of hydrogen-bond donors (Lipinski definition) is 1. The summed E-state index contributed by atoms with van der Waals surface area (Å²) in [4.78, 5) is 51.2. The van der Waals surface area contributed by atoms with Gasteiger partial charge in [0.05, 0.1) is 17.4 Å². The first-order valence-electron chi connectivity index (χ1n) is 16.6. The molecule has 3 amide bonds. The van der Waals surface area contributed by atoms with Crippen molar-refractivity contribution in [1.82, 2.24) is 4.90 Å². The van der Waals surface area contributed by atoms with Crippen molar-refractivity contribution >= 4 is 34.8 Å². The van der Waals surface area contributed by atoms with Crippen molar-refractivity contribution in [3.8, 4) is 0 Å². The number of aliphatic hydroxyl groups is 1. The summed E-state index contributed by atoms with van der Waals surface area (Å²) in [7, 11) is 0. The Morgan fingerprint density at radius 3 is 2.07 bits per heavy atom. The number of amides is 3. The number of carbonyl (C=O) groups is 3. The fourth-order valence-corrected chi connectivity index (χ4v) is 8.11. The Kier molecular flexibility index (Phi) is 10.0. The van der Waals surface area contributed by atoms with E-state index in [-0.39, 0.29) is 44.0 Å². The van der Waals surface area contributed by atoms with Crippen molar-refractivity contribution in [1.29, 1.82) is 0 Å². The molecule has 5 atom stereocenters. The van der Waals surface area contributed by atoms with Gasteiger partial charge in [0.15, 0.2) is 0 Å². The molecule has 3 fully saturated rings. The maximum absolute atomic E-state index is 14.9.